The van der Waals surface area contributed by atoms with Gasteiger partial charge in [-0.3, -0.25) is 4.79 Å². The molecule has 0 spiro atoms. The van der Waals surface area contributed by atoms with Crippen molar-refractivity contribution in [2.75, 3.05) is 26.4 Å². The van der Waals surface area contributed by atoms with E-state index in [0.717, 1.165) is 70.6 Å². The molecule has 0 saturated carbocycles. The van der Waals surface area contributed by atoms with Gasteiger partial charge in [0, 0.05) is 6.42 Å². The molecule has 0 aliphatic carbocycles. The number of carbonyl (C=O) groups is 1. The number of aliphatic hydroxyl groups is 11. The van der Waals surface area contributed by atoms with E-state index in [1.165, 1.54) is 38.5 Å². The summed E-state index contributed by atoms with van der Waals surface area (Å²) in [5, 5.41) is 120. The summed E-state index contributed by atoms with van der Waals surface area (Å²) >= 11 is 0. The fourth-order valence-corrected chi connectivity index (χ4v) is 8.99. The summed E-state index contributed by atoms with van der Waals surface area (Å²) in [7, 11) is 0. The molecule has 17 unspecified atom stereocenters. The molecule has 1 amide bonds. The second-order valence-electron chi connectivity index (χ2n) is 20.0. The normalized spacial score (nSPS) is 31.4. The van der Waals surface area contributed by atoms with Gasteiger partial charge in [-0.25, -0.2) is 0 Å². The zero-order valence-electron chi connectivity index (χ0n) is 45.6. The van der Waals surface area contributed by atoms with E-state index in [-0.39, 0.29) is 18.9 Å². The van der Waals surface area contributed by atoms with Gasteiger partial charge in [-0.05, 0) is 77.0 Å². The van der Waals surface area contributed by atoms with Crippen LogP contribution in [-0.2, 0) is 33.2 Å². The Hall–Kier alpha value is -3.03. The van der Waals surface area contributed by atoms with Gasteiger partial charge in [0.15, 0.2) is 18.9 Å². The van der Waals surface area contributed by atoms with E-state index in [9.17, 15) is 61.0 Å². The van der Waals surface area contributed by atoms with Gasteiger partial charge in [0.25, 0.3) is 0 Å². The molecule has 3 fully saturated rings. The third-order valence-electron chi connectivity index (χ3n) is 13.7. The SMILES string of the molecule is CC/C=C\C/C=C\C/C=C\C/C=C\C/C=C\CCCCCC(=O)NC(COC1OC(CO)C(OC2OC(CO)C(OC3OC(CO)C(O)C(O)C3O)C(O)C2O)C(O)C1O)C(O)/C=C/CC/C=C/CCCCCCCCC. The summed E-state index contributed by atoms with van der Waals surface area (Å²) in [6.07, 6.45) is 21.4. The maximum Gasteiger partial charge on any atom is 0.220 e. The monoisotopic (exact) mass is 1100 g/mol. The smallest absolute Gasteiger partial charge is 0.220 e. The molecule has 3 aliphatic heterocycles. The largest absolute Gasteiger partial charge is 0.394 e. The molecule has 0 aromatic heterocycles. The molecule has 0 aromatic rings. The van der Waals surface area contributed by atoms with Crippen molar-refractivity contribution in [3.8, 4) is 0 Å². The summed E-state index contributed by atoms with van der Waals surface area (Å²) in [5.41, 5.74) is 0. The highest BCUT2D eigenvalue weighted by Crippen LogP contribution is 2.33. The molecule has 3 heterocycles. The van der Waals surface area contributed by atoms with Crippen LogP contribution in [0.1, 0.15) is 142 Å². The molecule has 442 valence electrons. The number of unbranched alkanes of at least 4 members (excludes halogenated alkanes) is 11. The van der Waals surface area contributed by atoms with Crippen LogP contribution in [0.15, 0.2) is 85.1 Å². The summed E-state index contributed by atoms with van der Waals surface area (Å²) in [4.78, 5) is 13.3. The lowest BCUT2D eigenvalue weighted by Gasteiger charge is -2.48. The highest BCUT2D eigenvalue weighted by atomic mass is 16.8. The maximum atomic E-state index is 13.3. The molecule has 3 aliphatic rings. The second kappa shape index (κ2) is 41.0. The van der Waals surface area contributed by atoms with E-state index >= 15 is 0 Å². The molecule has 12 N–H and O–H groups in total. The molecule has 19 nitrogen and oxygen atoms in total. The summed E-state index contributed by atoms with van der Waals surface area (Å²) in [5.74, 6) is -0.323. The number of ether oxygens (including phenoxy) is 6. The first kappa shape index (κ1) is 68.2. The van der Waals surface area contributed by atoms with E-state index in [4.69, 9.17) is 28.4 Å². The van der Waals surface area contributed by atoms with Gasteiger partial charge in [-0.1, -0.05) is 144 Å². The van der Waals surface area contributed by atoms with Crippen molar-refractivity contribution in [1.29, 1.82) is 0 Å². The predicted octanol–water partition coefficient (Wildman–Crippen LogP) is 4.03. The molecule has 3 rings (SSSR count). The average molecular weight is 1100 g/mol. The van der Waals surface area contributed by atoms with Crippen molar-refractivity contribution in [3.63, 3.8) is 0 Å². The van der Waals surface area contributed by atoms with Gasteiger partial charge in [-0.15, -0.1) is 0 Å². The molecule has 17 atom stereocenters. The highest BCUT2D eigenvalue weighted by molar-refractivity contribution is 5.76. The van der Waals surface area contributed by atoms with Crippen LogP contribution >= 0.6 is 0 Å². The minimum Gasteiger partial charge on any atom is -0.394 e. The molecule has 19 heteroatoms. The van der Waals surface area contributed by atoms with E-state index in [1.807, 2.05) is 6.08 Å². The number of allylic oxidation sites excluding steroid dienone is 13. The highest BCUT2D eigenvalue weighted by Gasteiger charge is 2.53. The van der Waals surface area contributed by atoms with Crippen molar-refractivity contribution in [3.05, 3.63) is 85.1 Å². The fraction of sp³-hybridized carbons (Fsp3) is 0.741. The Kier molecular flexibility index (Phi) is 36.4. The van der Waals surface area contributed by atoms with E-state index in [1.54, 1.807) is 6.08 Å². The zero-order valence-corrected chi connectivity index (χ0v) is 45.6. The van der Waals surface area contributed by atoms with Crippen molar-refractivity contribution < 1.29 is 89.4 Å². The van der Waals surface area contributed by atoms with Crippen LogP contribution in [0.4, 0.5) is 0 Å². The lowest BCUT2D eigenvalue weighted by molar-refractivity contribution is -0.379. The van der Waals surface area contributed by atoms with E-state index in [2.05, 4.69) is 92.1 Å². The molecule has 0 bridgehead atoms. The minimum absolute atomic E-state index is 0.191. The van der Waals surface area contributed by atoms with Crippen LogP contribution in [0.2, 0.25) is 0 Å². The topological polar surface area (TPSA) is 307 Å². The van der Waals surface area contributed by atoms with Crippen LogP contribution in [0.25, 0.3) is 0 Å². The van der Waals surface area contributed by atoms with Crippen LogP contribution in [0, 0.1) is 0 Å². The standard InChI is InChI=1S/C58H97NO18/c1-3-5-7-9-11-13-15-17-18-19-20-21-22-24-26-28-30-32-34-36-46(64)59-41(42(63)35-33-31-29-27-25-23-16-14-12-10-8-6-4-2)40-72-56-52(70)49(67)54(44(38-61)74-56)77-58-53(71)50(68)55(45(39-62)75-58)76-57-51(69)48(66)47(65)43(37-60)73-57/h5,7,11,13,17-18,20-21,24-27,33,35,41-45,47-58,60-63,65-71H,3-4,6,8-10,12,14-16,19,22-23,28-32,34,36-40H2,1-2H3,(H,59,64)/b7-5-,13-11-,18-17-,21-20-,26-24-,27-25+,35-33+. The van der Waals surface area contributed by atoms with Crippen molar-refractivity contribution in [2.24, 2.45) is 0 Å². The zero-order chi connectivity index (χ0) is 56.2. The number of aliphatic hydroxyl groups excluding tert-OH is 11. The second-order valence-corrected chi connectivity index (χ2v) is 20.0. The average Bonchev–Trinajstić information content (AvgIpc) is 3.42. The van der Waals surface area contributed by atoms with Crippen LogP contribution in [-0.4, -0.2) is 193 Å². The van der Waals surface area contributed by atoms with Crippen molar-refractivity contribution in [1.82, 2.24) is 5.32 Å². The van der Waals surface area contributed by atoms with E-state index < -0.39 is 124 Å². The Balaban J connectivity index is 1.55. The summed E-state index contributed by atoms with van der Waals surface area (Å²) in [6.45, 7) is 1.51. The van der Waals surface area contributed by atoms with Crippen molar-refractivity contribution in [2.45, 2.75) is 247 Å². The van der Waals surface area contributed by atoms with Crippen LogP contribution in [0.5, 0.6) is 0 Å². The van der Waals surface area contributed by atoms with Gasteiger partial charge >= 0.3 is 0 Å². The summed E-state index contributed by atoms with van der Waals surface area (Å²) < 4.78 is 34.1. The van der Waals surface area contributed by atoms with Crippen molar-refractivity contribution >= 4 is 5.91 Å². The minimum atomic E-state index is -1.99. The first-order valence-electron chi connectivity index (χ1n) is 28.3. The number of hydrogen-bond acceptors (Lipinski definition) is 18. The van der Waals surface area contributed by atoms with Gasteiger partial charge in [0.05, 0.1) is 38.6 Å². The van der Waals surface area contributed by atoms with E-state index in [0.29, 0.717) is 12.8 Å². The fourth-order valence-electron chi connectivity index (χ4n) is 8.99. The predicted molar refractivity (Wildman–Crippen MR) is 291 cm³/mol. The van der Waals surface area contributed by atoms with Gasteiger partial charge in [0.1, 0.15) is 73.2 Å². The molecule has 0 aromatic carbocycles. The third-order valence-corrected chi connectivity index (χ3v) is 13.7. The summed E-state index contributed by atoms with van der Waals surface area (Å²) in [6, 6.07) is -1.01. The number of amides is 1. The molecule has 77 heavy (non-hydrogen) atoms. The molecule has 0 radical (unpaired) electrons. The number of hydrogen-bond donors (Lipinski definition) is 12. The molecular weight excluding hydrogens is 999 g/mol. The van der Waals surface area contributed by atoms with Crippen LogP contribution < -0.4 is 5.32 Å². The Morgan fingerprint density at radius 3 is 1.45 bits per heavy atom. The lowest BCUT2D eigenvalue weighted by atomic mass is 9.96. The number of rotatable bonds is 39. The Labute approximate surface area is 457 Å². The maximum absolute atomic E-state index is 13.3. The van der Waals surface area contributed by atoms with Gasteiger partial charge in [0.2, 0.25) is 5.91 Å². The quantitative estimate of drug-likeness (QED) is 0.0305. The van der Waals surface area contributed by atoms with Gasteiger partial charge < -0.3 is 89.9 Å². The Morgan fingerprint density at radius 1 is 0.481 bits per heavy atom. The first-order valence-corrected chi connectivity index (χ1v) is 28.3. The molecule has 3 saturated heterocycles. The third kappa shape index (κ3) is 25.5. The first-order chi connectivity index (χ1) is 37.3. The Morgan fingerprint density at radius 2 is 0.909 bits per heavy atom. The lowest BCUT2D eigenvalue weighted by Crippen LogP contribution is -2.66. The Bertz CT molecular complexity index is 1740. The number of carbonyl (C=O) groups excluding carboxylic acids is 1. The van der Waals surface area contributed by atoms with Gasteiger partial charge in [-0.2, -0.15) is 0 Å². The van der Waals surface area contributed by atoms with Crippen LogP contribution in [0.3, 0.4) is 0 Å². The molecular formula is C58H97NO18. The number of nitrogens with one attached hydrogen (secondary N) is 1.